The second-order valence-corrected chi connectivity index (χ2v) is 3.94. The average Bonchev–Trinajstić information content (AvgIpc) is 2.06. The van der Waals surface area contributed by atoms with Gasteiger partial charge in [-0.15, -0.1) is 0 Å². The molecule has 1 aromatic heterocycles. The van der Waals surface area contributed by atoms with Gasteiger partial charge in [0.1, 0.15) is 5.60 Å². The minimum absolute atomic E-state index is 0.843. The first-order valence-corrected chi connectivity index (χ1v) is 4.57. The van der Waals surface area contributed by atoms with Crippen molar-refractivity contribution in [3.63, 3.8) is 0 Å². The molecule has 1 heterocycles. The molecule has 0 unspecified atom stereocenters. The van der Waals surface area contributed by atoms with E-state index in [-0.39, 0.29) is 0 Å². The standard InChI is InChI=1S/C12H15NO/c1-9-7-11(8-13-10(9)2)5-6-12(3,4)14/h7-8,14H,1-4H3. The fraction of sp³-hybridized carbons (Fsp3) is 0.417. The predicted molar refractivity (Wildman–Crippen MR) is 56.9 cm³/mol. The van der Waals surface area contributed by atoms with Gasteiger partial charge in [0, 0.05) is 17.5 Å². The minimum atomic E-state index is -0.946. The second-order valence-electron chi connectivity index (χ2n) is 3.94. The highest BCUT2D eigenvalue weighted by Crippen LogP contribution is 2.06. The molecule has 0 radical (unpaired) electrons. The number of nitrogens with zero attached hydrogens (tertiary/aromatic N) is 1. The number of aryl methyl sites for hydroxylation is 2. The number of aromatic nitrogens is 1. The lowest BCUT2D eigenvalue weighted by atomic mass is 10.1. The molecule has 0 amide bonds. The third-order valence-electron chi connectivity index (χ3n) is 1.85. The predicted octanol–water partition coefficient (Wildman–Crippen LogP) is 1.82. The maximum absolute atomic E-state index is 9.41. The summed E-state index contributed by atoms with van der Waals surface area (Å²) in [6.07, 6.45) is 1.72. The molecule has 0 aliphatic heterocycles. The Morgan fingerprint density at radius 3 is 2.50 bits per heavy atom. The van der Waals surface area contributed by atoms with Crippen molar-refractivity contribution in [1.29, 1.82) is 0 Å². The van der Waals surface area contributed by atoms with Crippen molar-refractivity contribution >= 4 is 0 Å². The van der Waals surface area contributed by atoms with Gasteiger partial charge in [-0.05, 0) is 39.3 Å². The van der Waals surface area contributed by atoms with Gasteiger partial charge < -0.3 is 5.11 Å². The monoisotopic (exact) mass is 189 g/mol. The molecule has 74 valence electrons. The molecule has 0 saturated carbocycles. The lowest BCUT2D eigenvalue weighted by molar-refractivity contribution is 0.143. The van der Waals surface area contributed by atoms with E-state index in [4.69, 9.17) is 0 Å². The second kappa shape index (κ2) is 3.81. The Bertz CT molecular complexity index is 391. The summed E-state index contributed by atoms with van der Waals surface area (Å²) in [5.41, 5.74) is 2.03. The summed E-state index contributed by atoms with van der Waals surface area (Å²) in [5, 5.41) is 9.41. The zero-order valence-corrected chi connectivity index (χ0v) is 9.05. The van der Waals surface area contributed by atoms with Gasteiger partial charge >= 0.3 is 0 Å². The summed E-state index contributed by atoms with van der Waals surface area (Å²) in [6.45, 7) is 7.28. The van der Waals surface area contributed by atoms with Gasteiger partial charge in [0.05, 0.1) is 0 Å². The van der Waals surface area contributed by atoms with Crippen LogP contribution in [0.2, 0.25) is 0 Å². The van der Waals surface area contributed by atoms with Crippen LogP contribution in [-0.4, -0.2) is 15.7 Å². The average molecular weight is 189 g/mol. The smallest absolute Gasteiger partial charge is 0.120 e. The molecular weight excluding hydrogens is 174 g/mol. The van der Waals surface area contributed by atoms with Crippen LogP contribution in [0.25, 0.3) is 0 Å². The van der Waals surface area contributed by atoms with Gasteiger partial charge in [-0.25, -0.2) is 0 Å². The van der Waals surface area contributed by atoms with E-state index in [0.717, 1.165) is 16.8 Å². The van der Waals surface area contributed by atoms with E-state index in [2.05, 4.69) is 16.8 Å². The molecule has 0 atom stereocenters. The van der Waals surface area contributed by atoms with E-state index in [9.17, 15) is 5.11 Å². The van der Waals surface area contributed by atoms with E-state index in [0.29, 0.717) is 0 Å². The number of aliphatic hydroxyl groups is 1. The Labute approximate surface area is 85.0 Å². The Morgan fingerprint density at radius 2 is 2.00 bits per heavy atom. The Morgan fingerprint density at radius 1 is 1.36 bits per heavy atom. The number of hydrogen-bond acceptors (Lipinski definition) is 2. The Balaban J connectivity index is 2.98. The Kier molecular flexibility index (Phi) is 2.93. The Hall–Kier alpha value is -1.33. The lowest BCUT2D eigenvalue weighted by Gasteiger charge is -2.06. The van der Waals surface area contributed by atoms with E-state index >= 15 is 0 Å². The van der Waals surface area contributed by atoms with Crippen molar-refractivity contribution in [2.24, 2.45) is 0 Å². The normalized spacial score (nSPS) is 10.6. The van der Waals surface area contributed by atoms with Crippen LogP contribution in [0.5, 0.6) is 0 Å². The molecular formula is C12H15NO. The zero-order chi connectivity index (χ0) is 10.8. The van der Waals surface area contributed by atoms with Crippen molar-refractivity contribution < 1.29 is 5.11 Å². The van der Waals surface area contributed by atoms with Crippen LogP contribution in [0.15, 0.2) is 12.3 Å². The van der Waals surface area contributed by atoms with Crippen LogP contribution >= 0.6 is 0 Å². The first-order valence-electron chi connectivity index (χ1n) is 4.57. The molecule has 0 bridgehead atoms. The zero-order valence-electron chi connectivity index (χ0n) is 9.05. The molecule has 1 N–H and O–H groups in total. The van der Waals surface area contributed by atoms with Gasteiger partial charge in [-0.1, -0.05) is 11.8 Å². The van der Waals surface area contributed by atoms with Gasteiger partial charge in [0.15, 0.2) is 0 Å². The summed E-state index contributed by atoms with van der Waals surface area (Å²) in [7, 11) is 0. The van der Waals surface area contributed by atoms with Crippen molar-refractivity contribution in [2.75, 3.05) is 0 Å². The largest absolute Gasteiger partial charge is 0.378 e. The summed E-state index contributed by atoms with van der Waals surface area (Å²) in [4.78, 5) is 4.20. The maximum atomic E-state index is 9.41. The molecule has 14 heavy (non-hydrogen) atoms. The molecule has 0 fully saturated rings. The third kappa shape index (κ3) is 3.20. The molecule has 0 spiro atoms. The topological polar surface area (TPSA) is 33.1 Å². The molecule has 0 saturated heterocycles. The SMILES string of the molecule is Cc1cc(C#CC(C)(C)O)cnc1C. The van der Waals surface area contributed by atoms with Crippen LogP contribution in [0.4, 0.5) is 0 Å². The van der Waals surface area contributed by atoms with Crippen molar-refractivity contribution in [1.82, 2.24) is 4.98 Å². The van der Waals surface area contributed by atoms with Gasteiger partial charge in [-0.3, -0.25) is 4.98 Å². The molecule has 0 aromatic carbocycles. The first-order chi connectivity index (χ1) is 6.38. The molecule has 1 rings (SSSR count). The van der Waals surface area contributed by atoms with Crippen LogP contribution in [0.3, 0.4) is 0 Å². The highest BCUT2D eigenvalue weighted by atomic mass is 16.3. The van der Waals surface area contributed by atoms with Crippen molar-refractivity contribution in [2.45, 2.75) is 33.3 Å². The van der Waals surface area contributed by atoms with Gasteiger partial charge in [0.25, 0.3) is 0 Å². The molecule has 1 aromatic rings. The van der Waals surface area contributed by atoms with E-state index in [1.807, 2.05) is 19.9 Å². The highest BCUT2D eigenvalue weighted by Gasteiger charge is 2.05. The summed E-state index contributed by atoms with van der Waals surface area (Å²) in [6, 6.07) is 1.97. The highest BCUT2D eigenvalue weighted by molar-refractivity contribution is 5.37. The molecule has 2 heteroatoms. The van der Waals surface area contributed by atoms with E-state index in [1.165, 1.54) is 0 Å². The van der Waals surface area contributed by atoms with Crippen LogP contribution in [0, 0.1) is 25.7 Å². The van der Waals surface area contributed by atoms with Crippen molar-refractivity contribution in [3.05, 3.63) is 29.1 Å². The quantitative estimate of drug-likeness (QED) is 0.631. The van der Waals surface area contributed by atoms with Crippen LogP contribution in [-0.2, 0) is 0 Å². The fourth-order valence-corrected chi connectivity index (χ4v) is 0.937. The third-order valence-corrected chi connectivity index (χ3v) is 1.85. The maximum Gasteiger partial charge on any atom is 0.120 e. The number of hydrogen-bond donors (Lipinski definition) is 1. The molecule has 0 aliphatic carbocycles. The van der Waals surface area contributed by atoms with Crippen LogP contribution < -0.4 is 0 Å². The lowest BCUT2D eigenvalue weighted by Crippen LogP contribution is -2.14. The molecule has 0 aliphatic rings. The first kappa shape index (κ1) is 10.7. The fourth-order valence-electron chi connectivity index (χ4n) is 0.937. The molecule has 2 nitrogen and oxygen atoms in total. The van der Waals surface area contributed by atoms with Gasteiger partial charge in [0.2, 0.25) is 0 Å². The van der Waals surface area contributed by atoms with Gasteiger partial charge in [-0.2, -0.15) is 0 Å². The number of pyridine rings is 1. The van der Waals surface area contributed by atoms with Crippen molar-refractivity contribution in [3.8, 4) is 11.8 Å². The summed E-state index contributed by atoms with van der Waals surface area (Å²) in [5.74, 6) is 5.64. The number of rotatable bonds is 0. The van der Waals surface area contributed by atoms with E-state index < -0.39 is 5.60 Å². The minimum Gasteiger partial charge on any atom is -0.378 e. The summed E-state index contributed by atoms with van der Waals surface area (Å²) >= 11 is 0. The van der Waals surface area contributed by atoms with Crippen LogP contribution in [0.1, 0.15) is 30.7 Å². The summed E-state index contributed by atoms with van der Waals surface area (Å²) < 4.78 is 0. The van der Waals surface area contributed by atoms with E-state index in [1.54, 1.807) is 20.0 Å².